The van der Waals surface area contributed by atoms with E-state index < -0.39 is 8.32 Å². The smallest absolute Gasteiger partial charge is 0.192 e. The van der Waals surface area contributed by atoms with Gasteiger partial charge in [0.15, 0.2) is 8.32 Å². The fourth-order valence-corrected chi connectivity index (χ4v) is 3.58. The van der Waals surface area contributed by atoms with Crippen molar-refractivity contribution in [1.29, 1.82) is 0 Å². The second-order valence-electron chi connectivity index (χ2n) is 8.29. The SMILES string of the molecule is CC(C)(C)[Si](C)(C)OCCN(Cc1ccccc1)Cc1ccccc1. The molecule has 136 valence electrons. The Morgan fingerprint density at radius 3 is 1.64 bits per heavy atom. The Balaban J connectivity index is 1.99. The van der Waals surface area contributed by atoms with Crippen LogP contribution in [0.1, 0.15) is 31.9 Å². The van der Waals surface area contributed by atoms with E-state index in [9.17, 15) is 0 Å². The van der Waals surface area contributed by atoms with Crippen molar-refractivity contribution in [1.82, 2.24) is 4.90 Å². The maximum atomic E-state index is 6.40. The quantitative estimate of drug-likeness (QED) is 0.562. The van der Waals surface area contributed by atoms with Crippen LogP contribution in [0.25, 0.3) is 0 Å². The topological polar surface area (TPSA) is 12.5 Å². The van der Waals surface area contributed by atoms with Crippen LogP contribution >= 0.6 is 0 Å². The molecule has 0 aliphatic carbocycles. The molecule has 0 heterocycles. The highest BCUT2D eigenvalue weighted by molar-refractivity contribution is 6.74. The molecule has 0 saturated carbocycles. The molecule has 2 rings (SSSR count). The van der Waals surface area contributed by atoms with Crippen LogP contribution in [0.4, 0.5) is 0 Å². The Kier molecular flexibility index (Phi) is 7.00. The number of benzene rings is 2. The van der Waals surface area contributed by atoms with Gasteiger partial charge in [0.25, 0.3) is 0 Å². The maximum Gasteiger partial charge on any atom is 0.192 e. The molecule has 2 aromatic rings. The summed E-state index contributed by atoms with van der Waals surface area (Å²) in [5, 5.41) is 0.261. The van der Waals surface area contributed by atoms with Gasteiger partial charge in [0.05, 0.1) is 0 Å². The lowest BCUT2D eigenvalue weighted by Gasteiger charge is -2.37. The Bertz CT molecular complexity index is 578. The summed E-state index contributed by atoms with van der Waals surface area (Å²) < 4.78 is 6.40. The molecular formula is C22H33NOSi. The van der Waals surface area contributed by atoms with Crippen LogP contribution in [0.15, 0.2) is 60.7 Å². The molecule has 0 bridgehead atoms. The van der Waals surface area contributed by atoms with Gasteiger partial charge in [0.2, 0.25) is 0 Å². The third kappa shape index (κ3) is 6.42. The minimum absolute atomic E-state index is 0.261. The van der Waals surface area contributed by atoms with E-state index in [1.54, 1.807) is 0 Å². The Hall–Kier alpha value is -1.42. The molecule has 0 aliphatic heterocycles. The van der Waals surface area contributed by atoms with Crippen LogP contribution in [0.2, 0.25) is 18.1 Å². The van der Waals surface area contributed by atoms with Gasteiger partial charge in [-0.05, 0) is 29.3 Å². The molecule has 2 nitrogen and oxygen atoms in total. The van der Waals surface area contributed by atoms with Crippen molar-refractivity contribution in [3.63, 3.8) is 0 Å². The highest BCUT2D eigenvalue weighted by atomic mass is 28.4. The van der Waals surface area contributed by atoms with Gasteiger partial charge in [-0.1, -0.05) is 81.4 Å². The van der Waals surface area contributed by atoms with Gasteiger partial charge in [-0.2, -0.15) is 0 Å². The highest BCUT2D eigenvalue weighted by Gasteiger charge is 2.36. The predicted octanol–water partition coefficient (Wildman–Crippen LogP) is 5.71. The third-order valence-corrected chi connectivity index (χ3v) is 9.71. The summed E-state index contributed by atoms with van der Waals surface area (Å²) in [6, 6.07) is 21.4. The fourth-order valence-electron chi connectivity index (χ4n) is 2.54. The zero-order valence-electron chi connectivity index (χ0n) is 16.5. The van der Waals surface area contributed by atoms with Crippen LogP contribution in [-0.2, 0) is 17.5 Å². The number of hydrogen-bond acceptors (Lipinski definition) is 2. The summed E-state index contributed by atoms with van der Waals surface area (Å²) in [6.07, 6.45) is 0. The van der Waals surface area contributed by atoms with Crippen molar-refractivity contribution in [2.24, 2.45) is 0 Å². The molecule has 0 amide bonds. The molecular weight excluding hydrogens is 322 g/mol. The van der Waals surface area contributed by atoms with Crippen molar-refractivity contribution in [2.75, 3.05) is 13.2 Å². The second-order valence-corrected chi connectivity index (χ2v) is 13.1. The van der Waals surface area contributed by atoms with Crippen LogP contribution in [0.3, 0.4) is 0 Å². The molecule has 0 radical (unpaired) electrons. The van der Waals surface area contributed by atoms with E-state index >= 15 is 0 Å². The summed E-state index contributed by atoms with van der Waals surface area (Å²) in [5.74, 6) is 0. The van der Waals surface area contributed by atoms with Gasteiger partial charge in [0, 0.05) is 26.2 Å². The number of hydrogen-bond donors (Lipinski definition) is 0. The second kappa shape index (κ2) is 8.79. The van der Waals surface area contributed by atoms with Gasteiger partial charge >= 0.3 is 0 Å². The van der Waals surface area contributed by atoms with Crippen LogP contribution < -0.4 is 0 Å². The molecule has 0 fully saturated rings. The molecule has 0 N–H and O–H groups in total. The first-order valence-corrected chi connectivity index (χ1v) is 12.1. The first-order chi connectivity index (χ1) is 11.8. The predicted molar refractivity (Wildman–Crippen MR) is 110 cm³/mol. The Morgan fingerprint density at radius 1 is 0.800 bits per heavy atom. The highest BCUT2D eigenvalue weighted by Crippen LogP contribution is 2.36. The van der Waals surface area contributed by atoms with E-state index in [1.807, 2.05) is 0 Å². The van der Waals surface area contributed by atoms with Crippen LogP contribution in [-0.4, -0.2) is 26.4 Å². The molecule has 3 heteroatoms. The van der Waals surface area contributed by atoms with E-state index in [0.29, 0.717) is 0 Å². The lowest BCUT2D eigenvalue weighted by atomic mass is 10.1. The van der Waals surface area contributed by atoms with E-state index in [-0.39, 0.29) is 5.04 Å². The average Bonchev–Trinajstić information content (AvgIpc) is 2.55. The summed E-state index contributed by atoms with van der Waals surface area (Å²) in [7, 11) is -1.68. The molecule has 0 aromatic heterocycles. The molecule has 0 atom stereocenters. The van der Waals surface area contributed by atoms with Gasteiger partial charge in [-0.15, -0.1) is 0 Å². The summed E-state index contributed by atoms with van der Waals surface area (Å²) in [4.78, 5) is 2.48. The summed E-state index contributed by atoms with van der Waals surface area (Å²) in [5.41, 5.74) is 2.71. The van der Waals surface area contributed by atoms with Gasteiger partial charge in [0.1, 0.15) is 0 Å². The standard InChI is InChI=1S/C22H33NOSi/c1-22(2,3)25(4,5)24-17-16-23(18-20-12-8-6-9-13-20)19-21-14-10-7-11-15-21/h6-15H,16-19H2,1-5H3. The fraction of sp³-hybridized carbons (Fsp3) is 0.455. The van der Waals surface area contributed by atoms with Crippen LogP contribution in [0, 0.1) is 0 Å². The number of nitrogens with zero attached hydrogens (tertiary/aromatic N) is 1. The van der Waals surface area contributed by atoms with E-state index in [0.717, 1.165) is 26.2 Å². The van der Waals surface area contributed by atoms with Gasteiger partial charge in [-0.3, -0.25) is 4.90 Å². The van der Waals surface area contributed by atoms with Gasteiger partial charge in [-0.25, -0.2) is 0 Å². The van der Waals surface area contributed by atoms with Crippen molar-refractivity contribution in [2.45, 2.75) is 52.0 Å². The monoisotopic (exact) mass is 355 g/mol. The molecule has 0 aliphatic rings. The van der Waals surface area contributed by atoms with E-state index in [1.165, 1.54) is 11.1 Å². The first kappa shape index (κ1) is 19.9. The minimum atomic E-state index is -1.68. The first-order valence-electron chi connectivity index (χ1n) is 9.22. The van der Waals surface area contributed by atoms with E-state index in [2.05, 4.69) is 99.4 Å². The maximum absolute atomic E-state index is 6.40. The molecule has 0 saturated heterocycles. The average molecular weight is 356 g/mol. The van der Waals surface area contributed by atoms with Crippen molar-refractivity contribution >= 4 is 8.32 Å². The Morgan fingerprint density at radius 2 is 1.24 bits per heavy atom. The Labute approximate surface area is 155 Å². The van der Waals surface area contributed by atoms with E-state index in [4.69, 9.17) is 4.43 Å². The zero-order chi connectivity index (χ0) is 18.3. The summed E-state index contributed by atoms with van der Waals surface area (Å²) in [6.45, 7) is 15.2. The molecule has 0 unspecified atom stereocenters. The molecule has 25 heavy (non-hydrogen) atoms. The lowest BCUT2D eigenvalue weighted by molar-refractivity contribution is 0.186. The lowest BCUT2D eigenvalue weighted by Crippen LogP contribution is -2.42. The van der Waals surface area contributed by atoms with Crippen LogP contribution in [0.5, 0.6) is 0 Å². The van der Waals surface area contributed by atoms with Crippen molar-refractivity contribution < 1.29 is 4.43 Å². The van der Waals surface area contributed by atoms with Crippen molar-refractivity contribution in [3.05, 3.63) is 71.8 Å². The molecule has 2 aromatic carbocycles. The van der Waals surface area contributed by atoms with Gasteiger partial charge < -0.3 is 4.43 Å². The largest absolute Gasteiger partial charge is 0.416 e. The zero-order valence-corrected chi connectivity index (χ0v) is 17.5. The normalized spacial score (nSPS) is 12.6. The number of rotatable bonds is 8. The third-order valence-electron chi connectivity index (χ3n) is 5.17. The summed E-state index contributed by atoms with van der Waals surface area (Å²) >= 11 is 0. The molecule has 0 spiro atoms. The van der Waals surface area contributed by atoms with Crippen molar-refractivity contribution in [3.8, 4) is 0 Å². The minimum Gasteiger partial charge on any atom is -0.416 e.